The van der Waals surface area contributed by atoms with E-state index in [1.165, 1.54) is 0 Å². The molecule has 0 aliphatic carbocycles. The SMILES string of the molecule is O=C(CCCn1cccn1)N1CCC[C@@H](c2nc3ccccc3[nH]2)C1. The summed E-state index contributed by atoms with van der Waals surface area (Å²) in [6.07, 6.45) is 7.22. The molecule has 0 saturated carbocycles. The van der Waals surface area contributed by atoms with Crippen molar-refractivity contribution in [2.45, 2.75) is 38.1 Å². The number of fused-ring (bicyclic) bond motifs is 1. The molecule has 3 aromatic rings. The van der Waals surface area contributed by atoms with Crippen LogP contribution in [0.5, 0.6) is 0 Å². The van der Waals surface area contributed by atoms with Crippen LogP contribution in [0, 0.1) is 0 Å². The van der Waals surface area contributed by atoms with Gasteiger partial charge < -0.3 is 9.88 Å². The summed E-state index contributed by atoms with van der Waals surface area (Å²) in [6, 6.07) is 10.00. The van der Waals surface area contributed by atoms with Crippen molar-refractivity contribution in [3.05, 3.63) is 48.5 Å². The fourth-order valence-corrected chi connectivity index (χ4v) is 3.58. The highest BCUT2D eigenvalue weighted by molar-refractivity contribution is 5.76. The molecule has 1 amide bonds. The monoisotopic (exact) mass is 337 g/mol. The number of rotatable bonds is 5. The van der Waals surface area contributed by atoms with Crippen molar-refractivity contribution < 1.29 is 4.79 Å². The summed E-state index contributed by atoms with van der Waals surface area (Å²) in [6.45, 7) is 2.41. The lowest BCUT2D eigenvalue weighted by atomic mass is 9.97. The van der Waals surface area contributed by atoms with Crippen LogP contribution in [-0.4, -0.2) is 43.6 Å². The molecule has 6 nitrogen and oxygen atoms in total. The van der Waals surface area contributed by atoms with E-state index in [0.29, 0.717) is 12.3 Å². The Labute approximate surface area is 146 Å². The van der Waals surface area contributed by atoms with Gasteiger partial charge in [-0.2, -0.15) is 5.10 Å². The summed E-state index contributed by atoms with van der Waals surface area (Å²) in [5.41, 5.74) is 2.07. The lowest BCUT2D eigenvalue weighted by Gasteiger charge is -2.32. The molecule has 0 spiro atoms. The van der Waals surface area contributed by atoms with E-state index in [-0.39, 0.29) is 5.91 Å². The average molecular weight is 337 g/mol. The standard InChI is InChI=1S/C19H23N5O/c25-18(9-4-12-24-13-5-10-20-24)23-11-3-6-15(14-23)19-21-16-7-1-2-8-17(16)22-19/h1-2,5,7-8,10,13,15H,3-4,6,9,11-12,14H2,(H,21,22)/t15-/m1/s1. The summed E-state index contributed by atoms with van der Waals surface area (Å²) in [5.74, 6) is 1.56. The van der Waals surface area contributed by atoms with Crippen molar-refractivity contribution in [2.75, 3.05) is 13.1 Å². The van der Waals surface area contributed by atoms with Crippen molar-refractivity contribution >= 4 is 16.9 Å². The smallest absolute Gasteiger partial charge is 0.222 e. The third-order valence-corrected chi connectivity index (χ3v) is 4.91. The first-order valence-electron chi connectivity index (χ1n) is 8.99. The summed E-state index contributed by atoms with van der Waals surface area (Å²) in [5, 5.41) is 4.18. The maximum absolute atomic E-state index is 12.5. The number of hydrogen-bond donors (Lipinski definition) is 1. The molecule has 1 atom stereocenters. The minimum absolute atomic E-state index is 0.243. The molecular formula is C19H23N5O. The molecule has 0 radical (unpaired) electrons. The summed E-state index contributed by atoms with van der Waals surface area (Å²) >= 11 is 0. The average Bonchev–Trinajstić information content (AvgIpc) is 3.31. The molecule has 1 fully saturated rings. The van der Waals surface area contributed by atoms with Crippen molar-refractivity contribution in [1.82, 2.24) is 24.6 Å². The Balaban J connectivity index is 1.36. The van der Waals surface area contributed by atoms with Gasteiger partial charge in [-0.25, -0.2) is 4.98 Å². The summed E-state index contributed by atoms with van der Waals surface area (Å²) in [4.78, 5) is 22.7. The molecule has 1 saturated heterocycles. The van der Waals surface area contributed by atoms with Crippen molar-refractivity contribution in [3.63, 3.8) is 0 Å². The maximum Gasteiger partial charge on any atom is 0.222 e. The van der Waals surface area contributed by atoms with Crippen LogP contribution in [-0.2, 0) is 11.3 Å². The molecule has 1 aliphatic heterocycles. The Kier molecular flexibility index (Phi) is 4.50. The molecule has 2 aromatic heterocycles. The van der Waals surface area contributed by atoms with Crippen LogP contribution in [0.15, 0.2) is 42.7 Å². The molecule has 0 bridgehead atoms. The first kappa shape index (κ1) is 15.9. The summed E-state index contributed by atoms with van der Waals surface area (Å²) in [7, 11) is 0. The van der Waals surface area contributed by atoms with E-state index in [0.717, 1.165) is 55.8 Å². The van der Waals surface area contributed by atoms with Gasteiger partial charge in [0.05, 0.1) is 11.0 Å². The third kappa shape index (κ3) is 3.57. The molecule has 1 aliphatic rings. The zero-order chi connectivity index (χ0) is 17.1. The number of piperidine rings is 1. The fourth-order valence-electron chi connectivity index (χ4n) is 3.58. The molecule has 1 N–H and O–H groups in total. The quantitative estimate of drug-likeness (QED) is 0.778. The molecule has 0 unspecified atom stereocenters. The lowest BCUT2D eigenvalue weighted by Crippen LogP contribution is -2.39. The van der Waals surface area contributed by atoms with Crippen LogP contribution >= 0.6 is 0 Å². The number of H-pyrrole nitrogens is 1. The van der Waals surface area contributed by atoms with E-state index in [1.54, 1.807) is 6.20 Å². The number of nitrogens with zero attached hydrogens (tertiary/aromatic N) is 4. The van der Waals surface area contributed by atoms with Crippen molar-refractivity contribution in [1.29, 1.82) is 0 Å². The van der Waals surface area contributed by atoms with Crippen LogP contribution in [0.3, 0.4) is 0 Å². The number of aromatic amines is 1. The molecule has 6 heteroatoms. The van der Waals surface area contributed by atoms with Gasteiger partial charge in [0.1, 0.15) is 5.82 Å². The minimum atomic E-state index is 0.243. The molecular weight excluding hydrogens is 314 g/mol. The second kappa shape index (κ2) is 7.09. The number of imidazole rings is 1. The number of benzene rings is 1. The van der Waals surface area contributed by atoms with E-state index >= 15 is 0 Å². The van der Waals surface area contributed by atoms with Gasteiger partial charge in [-0.1, -0.05) is 12.1 Å². The molecule has 3 heterocycles. The van der Waals surface area contributed by atoms with Gasteiger partial charge in [-0.05, 0) is 37.5 Å². The van der Waals surface area contributed by atoms with Gasteiger partial charge in [-0.15, -0.1) is 0 Å². The van der Waals surface area contributed by atoms with Gasteiger partial charge in [0, 0.05) is 44.4 Å². The molecule has 4 rings (SSSR count). The minimum Gasteiger partial charge on any atom is -0.342 e. The lowest BCUT2D eigenvalue weighted by molar-refractivity contribution is -0.132. The van der Waals surface area contributed by atoms with E-state index < -0.39 is 0 Å². The first-order valence-corrected chi connectivity index (χ1v) is 8.99. The van der Waals surface area contributed by atoms with Crippen LogP contribution in [0.25, 0.3) is 11.0 Å². The molecule has 130 valence electrons. The van der Waals surface area contributed by atoms with Crippen LogP contribution < -0.4 is 0 Å². The summed E-state index contributed by atoms with van der Waals surface area (Å²) < 4.78 is 1.88. The highest BCUT2D eigenvalue weighted by atomic mass is 16.2. The number of hydrogen-bond acceptors (Lipinski definition) is 3. The van der Waals surface area contributed by atoms with E-state index in [4.69, 9.17) is 4.98 Å². The molecule has 1 aromatic carbocycles. The number of amides is 1. The number of para-hydroxylation sites is 2. The van der Waals surface area contributed by atoms with Crippen LogP contribution in [0.1, 0.15) is 37.4 Å². The largest absolute Gasteiger partial charge is 0.342 e. The van der Waals surface area contributed by atoms with Crippen LogP contribution in [0.4, 0.5) is 0 Å². The topological polar surface area (TPSA) is 66.8 Å². The highest BCUT2D eigenvalue weighted by Crippen LogP contribution is 2.27. The Morgan fingerprint density at radius 1 is 1.28 bits per heavy atom. The van der Waals surface area contributed by atoms with Gasteiger partial charge in [-0.3, -0.25) is 9.48 Å². The predicted octanol–water partition coefficient (Wildman–Crippen LogP) is 2.95. The van der Waals surface area contributed by atoms with E-state index in [2.05, 4.69) is 10.1 Å². The Hall–Kier alpha value is -2.63. The fraction of sp³-hybridized carbons (Fsp3) is 0.421. The Morgan fingerprint density at radius 3 is 3.04 bits per heavy atom. The normalized spacial score (nSPS) is 17.9. The number of carbonyl (C=O) groups is 1. The van der Waals surface area contributed by atoms with E-state index in [1.807, 2.05) is 46.1 Å². The van der Waals surface area contributed by atoms with Crippen molar-refractivity contribution in [3.8, 4) is 0 Å². The second-order valence-corrected chi connectivity index (χ2v) is 6.69. The van der Waals surface area contributed by atoms with E-state index in [9.17, 15) is 4.79 Å². The zero-order valence-electron chi connectivity index (χ0n) is 14.3. The van der Waals surface area contributed by atoms with Crippen LogP contribution in [0.2, 0.25) is 0 Å². The van der Waals surface area contributed by atoms with Gasteiger partial charge in [0.15, 0.2) is 0 Å². The number of nitrogens with one attached hydrogen (secondary N) is 1. The van der Waals surface area contributed by atoms with Crippen molar-refractivity contribution in [2.24, 2.45) is 0 Å². The van der Waals surface area contributed by atoms with Gasteiger partial charge in [0.2, 0.25) is 5.91 Å². The number of aromatic nitrogens is 4. The number of carbonyl (C=O) groups excluding carboxylic acids is 1. The Morgan fingerprint density at radius 2 is 2.20 bits per heavy atom. The number of aryl methyl sites for hydroxylation is 1. The Bertz CT molecular complexity index is 806. The molecule has 25 heavy (non-hydrogen) atoms. The third-order valence-electron chi connectivity index (χ3n) is 4.91. The zero-order valence-corrected chi connectivity index (χ0v) is 14.3. The first-order chi connectivity index (χ1) is 12.3. The van der Waals surface area contributed by atoms with Gasteiger partial charge in [0.25, 0.3) is 0 Å². The van der Waals surface area contributed by atoms with Gasteiger partial charge >= 0.3 is 0 Å². The predicted molar refractivity (Wildman–Crippen MR) is 96.1 cm³/mol. The highest BCUT2D eigenvalue weighted by Gasteiger charge is 2.26. The maximum atomic E-state index is 12.5. The second-order valence-electron chi connectivity index (χ2n) is 6.69. The number of likely N-dealkylation sites (tertiary alicyclic amines) is 1.